The van der Waals surface area contributed by atoms with Crippen molar-refractivity contribution in [1.29, 1.82) is 0 Å². The number of piperazine rings is 1. The van der Waals surface area contributed by atoms with E-state index in [4.69, 9.17) is 15.5 Å². The molecule has 4 rings (SSSR count). The fraction of sp³-hybridized carbons (Fsp3) is 0.519. The van der Waals surface area contributed by atoms with Crippen LogP contribution < -0.4 is 21.3 Å². The number of carbonyl (C=O) groups excluding carboxylic acids is 2. The molecular formula is C27H39N7O3. The lowest BCUT2D eigenvalue weighted by atomic mass is 10.1. The number of pyridine rings is 1. The van der Waals surface area contributed by atoms with Gasteiger partial charge in [-0.15, -0.1) is 0 Å². The molecule has 0 radical (unpaired) electrons. The van der Waals surface area contributed by atoms with Gasteiger partial charge in [0.2, 0.25) is 0 Å². The average molecular weight is 510 g/mol. The van der Waals surface area contributed by atoms with Gasteiger partial charge in [-0.3, -0.25) is 4.79 Å². The van der Waals surface area contributed by atoms with Gasteiger partial charge in [-0.2, -0.15) is 0 Å². The van der Waals surface area contributed by atoms with Crippen molar-refractivity contribution in [1.82, 2.24) is 20.1 Å². The lowest BCUT2D eigenvalue weighted by molar-refractivity contribution is 0.0508. The molecule has 2 fully saturated rings. The lowest BCUT2D eigenvalue weighted by Crippen LogP contribution is -2.47. The molecule has 3 heterocycles. The van der Waals surface area contributed by atoms with Crippen LogP contribution in [0.25, 0.3) is 0 Å². The molecule has 2 amide bonds. The average Bonchev–Trinajstić information content (AvgIpc) is 3.31. The number of aromatic nitrogens is 1. The first-order valence-corrected chi connectivity index (χ1v) is 12.9. The van der Waals surface area contributed by atoms with Crippen LogP contribution in [0.1, 0.15) is 43.1 Å². The molecule has 10 nitrogen and oxygen atoms in total. The maximum absolute atomic E-state index is 12.8. The zero-order valence-electron chi connectivity index (χ0n) is 22.3. The molecule has 37 heavy (non-hydrogen) atoms. The highest BCUT2D eigenvalue weighted by molar-refractivity contribution is 5.94. The molecule has 1 aromatic heterocycles. The standard InChI is InChI=1S/C27H39N7O3/c1-27(2,3)37-26(36)30-22-11-12-34(18-22)23-10-7-20(17-28)24(31-23)29-21-8-5-19(6-9-21)25(35)33-15-13-32(4)14-16-33/h5-10,22H,11-18,28H2,1-4H3,(H,29,31)(H,30,36). The summed E-state index contributed by atoms with van der Waals surface area (Å²) in [5.41, 5.74) is 7.86. The van der Waals surface area contributed by atoms with Crippen LogP contribution in [0.15, 0.2) is 36.4 Å². The van der Waals surface area contributed by atoms with Gasteiger partial charge in [0.25, 0.3) is 5.91 Å². The van der Waals surface area contributed by atoms with Gasteiger partial charge in [-0.1, -0.05) is 6.07 Å². The number of likely N-dealkylation sites (N-methyl/N-ethyl adjacent to an activating group) is 1. The Bertz CT molecular complexity index is 1090. The van der Waals surface area contributed by atoms with Crippen molar-refractivity contribution in [3.63, 3.8) is 0 Å². The van der Waals surface area contributed by atoms with Crippen LogP contribution in [-0.4, -0.2) is 84.7 Å². The van der Waals surface area contributed by atoms with Gasteiger partial charge in [0.15, 0.2) is 0 Å². The minimum absolute atomic E-state index is 0.00683. The highest BCUT2D eigenvalue weighted by Gasteiger charge is 2.27. The molecule has 200 valence electrons. The number of benzene rings is 1. The minimum Gasteiger partial charge on any atom is -0.444 e. The van der Waals surface area contributed by atoms with E-state index in [-0.39, 0.29) is 11.9 Å². The number of nitrogens with zero attached hydrogens (tertiary/aromatic N) is 4. The normalized spacial score (nSPS) is 18.6. The smallest absolute Gasteiger partial charge is 0.407 e. The number of rotatable bonds is 6. The van der Waals surface area contributed by atoms with Crippen molar-refractivity contribution in [3.8, 4) is 0 Å². The molecule has 0 aliphatic carbocycles. The number of anilines is 3. The first kappa shape index (κ1) is 26.7. The fourth-order valence-electron chi connectivity index (χ4n) is 4.51. The largest absolute Gasteiger partial charge is 0.444 e. The highest BCUT2D eigenvalue weighted by Crippen LogP contribution is 2.26. The van der Waals surface area contributed by atoms with Crippen LogP contribution in [0.2, 0.25) is 0 Å². The molecule has 1 aromatic carbocycles. The Hall–Kier alpha value is -3.37. The summed E-state index contributed by atoms with van der Waals surface area (Å²) in [4.78, 5) is 36.1. The number of hydrogen-bond acceptors (Lipinski definition) is 8. The van der Waals surface area contributed by atoms with Crippen LogP contribution >= 0.6 is 0 Å². The first-order chi connectivity index (χ1) is 17.6. The van der Waals surface area contributed by atoms with Gasteiger partial charge in [0, 0.05) is 62.6 Å². The van der Waals surface area contributed by atoms with Crippen LogP contribution in [0.4, 0.5) is 22.1 Å². The van der Waals surface area contributed by atoms with Crippen LogP contribution in [0.3, 0.4) is 0 Å². The second-order valence-electron chi connectivity index (χ2n) is 10.8. The third-order valence-corrected chi connectivity index (χ3v) is 6.60. The van der Waals surface area contributed by atoms with Crippen molar-refractivity contribution in [3.05, 3.63) is 47.5 Å². The van der Waals surface area contributed by atoms with Crippen molar-refractivity contribution in [2.75, 3.05) is 56.5 Å². The topological polar surface area (TPSA) is 116 Å². The molecular weight excluding hydrogens is 470 g/mol. The van der Waals surface area contributed by atoms with E-state index >= 15 is 0 Å². The highest BCUT2D eigenvalue weighted by atomic mass is 16.6. The Kier molecular flexibility index (Phi) is 8.19. The maximum atomic E-state index is 12.8. The Morgan fingerprint density at radius 2 is 1.76 bits per heavy atom. The van der Waals surface area contributed by atoms with E-state index in [0.717, 1.165) is 56.2 Å². The van der Waals surface area contributed by atoms with Gasteiger partial charge in [-0.25, -0.2) is 9.78 Å². The SMILES string of the molecule is CN1CCN(C(=O)c2ccc(Nc3nc(N4CCC(NC(=O)OC(C)(C)C)C4)ccc3CN)cc2)CC1. The number of nitrogens with two attached hydrogens (primary N) is 1. The maximum Gasteiger partial charge on any atom is 0.407 e. The number of amides is 2. The predicted molar refractivity (Wildman–Crippen MR) is 145 cm³/mol. The lowest BCUT2D eigenvalue weighted by Gasteiger charge is -2.32. The van der Waals surface area contributed by atoms with Gasteiger partial charge < -0.3 is 35.8 Å². The van der Waals surface area contributed by atoms with Crippen molar-refractivity contribution < 1.29 is 14.3 Å². The summed E-state index contributed by atoms with van der Waals surface area (Å²) in [6.45, 7) is 10.6. The predicted octanol–water partition coefficient (Wildman–Crippen LogP) is 2.77. The van der Waals surface area contributed by atoms with Crippen LogP contribution in [0, 0.1) is 0 Å². The zero-order valence-corrected chi connectivity index (χ0v) is 22.3. The molecule has 10 heteroatoms. The quantitative estimate of drug-likeness (QED) is 0.545. The molecule has 0 spiro atoms. The Morgan fingerprint density at radius 1 is 1.05 bits per heavy atom. The molecule has 4 N–H and O–H groups in total. The fourth-order valence-corrected chi connectivity index (χ4v) is 4.51. The number of carbonyl (C=O) groups is 2. The third kappa shape index (κ3) is 7.11. The van der Waals surface area contributed by atoms with E-state index in [1.165, 1.54) is 0 Å². The number of alkyl carbamates (subject to hydrolysis) is 1. The van der Waals surface area contributed by atoms with Gasteiger partial charge in [-0.05, 0) is 64.6 Å². The summed E-state index contributed by atoms with van der Waals surface area (Å²) >= 11 is 0. The Balaban J connectivity index is 1.39. The second-order valence-corrected chi connectivity index (χ2v) is 10.8. The Morgan fingerprint density at radius 3 is 2.41 bits per heavy atom. The van der Waals surface area contributed by atoms with E-state index in [9.17, 15) is 9.59 Å². The van der Waals surface area contributed by atoms with Crippen LogP contribution in [0.5, 0.6) is 0 Å². The van der Waals surface area contributed by atoms with E-state index in [1.54, 1.807) is 0 Å². The summed E-state index contributed by atoms with van der Waals surface area (Å²) in [6.07, 6.45) is 0.410. The van der Waals surface area contributed by atoms with Crippen molar-refractivity contribution in [2.45, 2.75) is 45.4 Å². The van der Waals surface area contributed by atoms with Gasteiger partial charge in [0.1, 0.15) is 17.2 Å². The van der Waals surface area contributed by atoms with E-state index in [2.05, 4.69) is 27.5 Å². The van der Waals surface area contributed by atoms with Crippen LogP contribution in [-0.2, 0) is 11.3 Å². The van der Waals surface area contributed by atoms with Gasteiger partial charge >= 0.3 is 6.09 Å². The van der Waals surface area contributed by atoms with Gasteiger partial charge in [0.05, 0.1) is 6.04 Å². The molecule has 2 saturated heterocycles. The molecule has 1 atom stereocenters. The van der Waals surface area contributed by atoms with E-state index < -0.39 is 11.7 Å². The summed E-state index contributed by atoms with van der Waals surface area (Å²) < 4.78 is 5.38. The van der Waals surface area contributed by atoms with Crippen molar-refractivity contribution in [2.24, 2.45) is 5.73 Å². The summed E-state index contributed by atoms with van der Waals surface area (Å²) in [6, 6.07) is 11.4. The summed E-state index contributed by atoms with van der Waals surface area (Å²) in [7, 11) is 2.07. The number of hydrogen-bond donors (Lipinski definition) is 3. The molecule has 2 aliphatic heterocycles. The molecule has 1 unspecified atom stereocenters. The second kappa shape index (κ2) is 11.4. The number of ether oxygens (including phenoxy) is 1. The molecule has 0 bridgehead atoms. The summed E-state index contributed by atoms with van der Waals surface area (Å²) in [5, 5.41) is 6.32. The molecule has 2 aromatic rings. The Labute approximate surface area is 219 Å². The third-order valence-electron chi connectivity index (χ3n) is 6.60. The molecule has 0 saturated carbocycles. The minimum atomic E-state index is -0.529. The molecule has 2 aliphatic rings. The first-order valence-electron chi connectivity index (χ1n) is 12.9. The number of nitrogens with one attached hydrogen (secondary N) is 2. The summed E-state index contributed by atoms with van der Waals surface area (Å²) in [5.74, 6) is 1.56. The monoisotopic (exact) mass is 509 g/mol. The zero-order chi connectivity index (χ0) is 26.6. The van der Waals surface area contributed by atoms with E-state index in [0.29, 0.717) is 24.5 Å². The van der Waals surface area contributed by atoms with E-state index in [1.807, 2.05) is 62.1 Å². The van der Waals surface area contributed by atoms with Crippen molar-refractivity contribution >= 4 is 29.3 Å².